The molecule has 142 valence electrons. The Kier molecular flexibility index (Phi) is 7.18. The highest BCUT2D eigenvalue weighted by Gasteiger charge is 2.19. The van der Waals surface area contributed by atoms with E-state index in [0.717, 1.165) is 37.1 Å². The summed E-state index contributed by atoms with van der Waals surface area (Å²) in [7, 11) is 1.93. The van der Waals surface area contributed by atoms with Crippen LogP contribution in [0.2, 0.25) is 0 Å². The molecule has 0 spiro atoms. The number of Topliss-reactive ketones (excluding diaryl/α,β-unsaturated/α-hetero) is 1. The second kappa shape index (κ2) is 9.15. The van der Waals surface area contributed by atoms with Crippen LogP contribution in [-0.2, 0) is 19.9 Å². The predicted molar refractivity (Wildman–Crippen MR) is 106 cm³/mol. The van der Waals surface area contributed by atoms with E-state index < -0.39 is 5.54 Å². The van der Waals surface area contributed by atoms with Crippen LogP contribution in [0, 0.1) is 6.92 Å². The van der Waals surface area contributed by atoms with Crippen molar-refractivity contribution in [2.45, 2.75) is 57.9 Å². The lowest BCUT2D eigenvalue weighted by atomic mass is 9.97. The summed E-state index contributed by atoms with van der Waals surface area (Å²) in [5.41, 5.74) is 9.88. The number of benzene rings is 1. The van der Waals surface area contributed by atoms with Crippen LogP contribution in [0.3, 0.4) is 0 Å². The van der Waals surface area contributed by atoms with E-state index in [1.165, 1.54) is 11.1 Å². The maximum atomic E-state index is 12.5. The Bertz CT molecular complexity index is 731. The van der Waals surface area contributed by atoms with E-state index in [4.69, 9.17) is 5.73 Å². The molecule has 0 aliphatic rings. The number of carbonyl (C=O) groups is 1. The molecular weight excluding hydrogens is 324 g/mol. The van der Waals surface area contributed by atoms with Gasteiger partial charge in [0.1, 0.15) is 0 Å². The molecule has 1 heterocycles. The highest BCUT2D eigenvalue weighted by atomic mass is 16.3. The number of nitrogens with zero attached hydrogens (tertiary/aromatic N) is 1. The molecule has 0 radical (unpaired) electrons. The number of carbonyl (C=O) groups excluding carboxylic acids is 1. The average molecular weight is 357 g/mol. The van der Waals surface area contributed by atoms with Gasteiger partial charge in [-0.2, -0.15) is 0 Å². The van der Waals surface area contributed by atoms with E-state index in [9.17, 15) is 9.90 Å². The van der Waals surface area contributed by atoms with Crippen molar-refractivity contribution in [3.63, 3.8) is 0 Å². The number of aromatic nitrogens is 1. The van der Waals surface area contributed by atoms with Gasteiger partial charge in [0.25, 0.3) is 0 Å². The zero-order valence-corrected chi connectivity index (χ0v) is 16.3. The third kappa shape index (κ3) is 5.82. The molecule has 0 saturated carbocycles. The van der Waals surface area contributed by atoms with Gasteiger partial charge in [-0.05, 0) is 63.6 Å². The van der Waals surface area contributed by atoms with Crippen molar-refractivity contribution in [2.24, 2.45) is 12.8 Å². The lowest BCUT2D eigenvalue weighted by Gasteiger charge is -2.21. The molecule has 1 atom stereocenters. The first-order chi connectivity index (χ1) is 12.3. The third-order valence-electron chi connectivity index (χ3n) is 5.03. The minimum Gasteiger partial charge on any atom is -0.394 e. The highest BCUT2D eigenvalue weighted by molar-refractivity contribution is 5.94. The zero-order chi connectivity index (χ0) is 19.2. The minimum atomic E-state index is -0.579. The monoisotopic (exact) mass is 356 g/mol. The van der Waals surface area contributed by atoms with Gasteiger partial charge in [-0.1, -0.05) is 29.8 Å². The number of rotatable bonds is 10. The Morgan fingerprint density at radius 1 is 1.19 bits per heavy atom. The summed E-state index contributed by atoms with van der Waals surface area (Å²) in [5, 5.41) is 9.27. The van der Waals surface area contributed by atoms with E-state index in [-0.39, 0.29) is 12.4 Å². The molecule has 4 heteroatoms. The zero-order valence-electron chi connectivity index (χ0n) is 16.3. The van der Waals surface area contributed by atoms with Crippen molar-refractivity contribution < 1.29 is 9.90 Å². The summed E-state index contributed by atoms with van der Waals surface area (Å²) in [6.07, 6.45) is 4.96. The number of ketones is 1. The van der Waals surface area contributed by atoms with Gasteiger partial charge in [-0.15, -0.1) is 0 Å². The van der Waals surface area contributed by atoms with Crippen LogP contribution < -0.4 is 5.73 Å². The van der Waals surface area contributed by atoms with Crippen molar-refractivity contribution in [1.29, 1.82) is 0 Å². The second-order valence-corrected chi connectivity index (χ2v) is 7.70. The van der Waals surface area contributed by atoms with Gasteiger partial charge in [0.2, 0.25) is 0 Å². The summed E-state index contributed by atoms with van der Waals surface area (Å²) in [6.45, 7) is 3.91. The molecule has 0 bridgehead atoms. The van der Waals surface area contributed by atoms with Crippen molar-refractivity contribution in [2.75, 3.05) is 6.61 Å². The normalized spacial score (nSPS) is 13.6. The molecule has 26 heavy (non-hydrogen) atoms. The molecule has 0 fully saturated rings. The average Bonchev–Trinajstić information content (AvgIpc) is 2.98. The largest absolute Gasteiger partial charge is 0.394 e. The third-order valence-corrected chi connectivity index (χ3v) is 5.03. The van der Waals surface area contributed by atoms with E-state index in [1.807, 2.05) is 30.7 Å². The van der Waals surface area contributed by atoms with E-state index in [0.29, 0.717) is 12.8 Å². The quantitative estimate of drug-likeness (QED) is 0.505. The number of aliphatic hydroxyl groups is 1. The van der Waals surface area contributed by atoms with E-state index >= 15 is 0 Å². The Hall–Kier alpha value is -1.91. The molecule has 0 aliphatic carbocycles. The van der Waals surface area contributed by atoms with Crippen LogP contribution in [0.15, 0.2) is 36.4 Å². The lowest BCUT2D eigenvalue weighted by Crippen LogP contribution is -2.40. The van der Waals surface area contributed by atoms with Gasteiger partial charge in [0, 0.05) is 24.7 Å². The second-order valence-electron chi connectivity index (χ2n) is 7.70. The van der Waals surface area contributed by atoms with Crippen molar-refractivity contribution in [3.05, 3.63) is 58.9 Å². The number of hydrogen-bond acceptors (Lipinski definition) is 3. The number of aliphatic hydroxyl groups excluding tert-OH is 1. The van der Waals surface area contributed by atoms with Crippen LogP contribution >= 0.6 is 0 Å². The fourth-order valence-electron chi connectivity index (χ4n) is 3.19. The predicted octanol–water partition coefficient (Wildman–Crippen LogP) is 3.57. The van der Waals surface area contributed by atoms with Crippen molar-refractivity contribution >= 4 is 5.78 Å². The number of unbranched alkanes of at least 4 members (excludes halogenated alkanes) is 1. The molecule has 0 amide bonds. The number of nitrogens with two attached hydrogens (primary N) is 1. The molecule has 1 unspecified atom stereocenters. The summed E-state index contributed by atoms with van der Waals surface area (Å²) < 4.78 is 1.97. The minimum absolute atomic E-state index is 0.0376. The maximum absolute atomic E-state index is 12.5. The Morgan fingerprint density at radius 3 is 2.65 bits per heavy atom. The van der Waals surface area contributed by atoms with Crippen LogP contribution in [0.25, 0.3) is 0 Å². The molecule has 2 rings (SSSR count). The van der Waals surface area contributed by atoms with Crippen molar-refractivity contribution in [3.8, 4) is 0 Å². The molecule has 2 aromatic rings. The SMILES string of the molecule is Cc1cccc(CCCCC(=O)c2ccc(CCC(C)(N)CO)n2C)c1. The molecule has 3 N–H and O–H groups in total. The van der Waals surface area contributed by atoms with Gasteiger partial charge in [-0.3, -0.25) is 4.79 Å². The smallest absolute Gasteiger partial charge is 0.179 e. The summed E-state index contributed by atoms with van der Waals surface area (Å²) >= 11 is 0. The van der Waals surface area contributed by atoms with Crippen LogP contribution in [-0.4, -0.2) is 27.6 Å². The molecule has 1 aromatic heterocycles. The van der Waals surface area contributed by atoms with Gasteiger partial charge in [0.15, 0.2) is 5.78 Å². The molecule has 0 aliphatic heterocycles. The molecule has 1 aromatic carbocycles. The summed E-state index contributed by atoms with van der Waals surface area (Å²) in [6, 6.07) is 12.5. The molecular formula is C22H32N2O2. The van der Waals surface area contributed by atoms with Crippen molar-refractivity contribution in [1.82, 2.24) is 4.57 Å². The summed E-state index contributed by atoms with van der Waals surface area (Å²) in [5.74, 6) is 0.195. The highest BCUT2D eigenvalue weighted by Crippen LogP contribution is 2.17. The summed E-state index contributed by atoms with van der Waals surface area (Å²) in [4.78, 5) is 12.5. The number of aryl methyl sites for hydroxylation is 3. The Morgan fingerprint density at radius 2 is 1.96 bits per heavy atom. The topological polar surface area (TPSA) is 68.2 Å². The van der Waals surface area contributed by atoms with Gasteiger partial charge in [0.05, 0.1) is 12.3 Å². The van der Waals surface area contributed by atoms with Crippen LogP contribution in [0.4, 0.5) is 0 Å². The van der Waals surface area contributed by atoms with E-state index in [1.54, 1.807) is 0 Å². The lowest BCUT2D eigenvalue weighted by molar-refractivity contribution is 0.0971. The first-order valence-corrected chi connectivity index (χ1v) is 9.45. The molecule has 0 saturated heterocycles. The van der Waals surface area contributed by atoms with E-state index in [2.05, 4.69) is 31.2 Å². The number of hydrogen-bond donors (Lipinski definition) is 2. The fourth-order valence-corrected chi connectivity index (χ4v) is 3.19. The van der Waals surface area contributed by atoms with Gasteiger partial charge < -0.3 is 15.4 Å². The first kappa shape index (κ1) is 20.4. The van der Waals surface area contributed by atoms with Crippen LogP contribution in [0.5, 0.6) is 0 Å². The van der Waals surface area contributed by atoms with Crippen LogP contribution in [0.1, 0.15) is 59.9 Å². The standard InChI is InChI=1S/C22H32N2O2/c1-17-7-6-9-18(15-17)8-4-5-10-21(26)20-12-11-19(24(20)3)13-14-22(2,23)16-25/h6-7,9,11-12,15,25H,4-5,8,10,13-14,16,23H2,1-3H3. The Balaban J connectivity index is 1.82. The molecule has 4 nitrogen and oxygen atoms in total. The maximum Gasteiger partial charge on any atom is 0.179 e. The Labute approximate surface area is 157 Å². The van der Waals surface area contributed by atoms with Gasteiger partial charge >= 0.3 is 0 Å². The first-order valence-electron chi connectivity index (χ1n) is 9.45. The van der Waals surface area contributed by atoms with Gasteiger partial charge in [-0.25, -0.2) is 0 Å². The fraction of sp³-hybridized carbons (Fsp3) is 0.500.